The quantitative estimate of drug-likeness (QED) is 0.210. The molecule has 0 spiro atoms. The highest BCUT2D eigenvalue weighted by Crippen LogP contribution is 2.55. The minimum atomic E-state index is -1.27. The number of anilines is 3. The van der Waals surface area contributed by atoms with Crippen LogP contribution < -0.4 is 4.90 Å². The molecule has 0 unspecified atom stereocenters. The van der Waals surface area contributed by atoms with Crippen molar-refractivity contribution in [2.45, 2.75) is 5.60 Å². The topological polar surface area (TPSA) is 23.5 Å². The van der Waals surface area contributed by atoms with Crippen molar-refractivity contribution in [3.8, 4) is 22.3 Å². The SMILES string of the molecule is C=Cc1ccc2c(c1)-c1cc(C=C)ccc1C2(O)c1sccc1-c1ccc(N(c2ccccc2)c2ccccc2)cc1. The van der Waals surface area contributed by atoms with Crippen LogP contribution in [0.15, 0.2) is 146 Å². The van der Waals surface area contributed by atoms with E-state index in [1.807, 2.05) is 48.6 Å². The zero-order chi connectivity index (χ0) is 28.7. The number of thiophene rings is 1. The van der Waals surface area contributed by atoms with Gasteiger partial charge in [-0.25, -0.2) is 0 Å². The fourth-order valence-electron chi connectivity index (χ4n) is 6.05. The van der Waals surface area contributed by atoms with Gasteiger partial charge >= 0.3 is 0 Å². The molecule has 0 aliphatic heterocycles. The number of fused-ring (bicyclic) bond motifs is 3. The second-order valence-electron chi connectivity index (χ2n) is 10.4. The van der Waals surface area contributed by atoms with Crippen molar-refractivity contribution in [2.75, 3.05) is 4.90 Å². The molecule has 1 aliphatic carbocycles. The van der Waals surface area contributed by atoms with Crippen LogP contribution >= 0.6 is 11.3 Å². The van der Waals surface area contributed by atoms with Crippen LogP contribution in [-0.4, -0.2) is 5.11 Å². The van der Waals surface area contributed by atoms with Gasteiger partial charge in [-0.05, 0) is 93.4 Å². The normalized spacial score (nSPS) is 12.8. The average molecular weight is 560 g/mol. The summed E-state index contributed by atoms with van der Waals surface area (Å²) in [5, 5.41) is 14.8. The Balaban J connectivity index is 1.34. The van der Waals surface area contributed by atoms with E-state index in [0.29, 0.717) is 0 Å². The van der Waals surface area contributed by atoms with E-state index in [4.69, 9.17) is 0 Å². The monoisotopic (exact) mass is 559 g/mol. The molecule has 1 heterocycles. The molecule has 1 N–H and O–H groups in total. The Hall–Kier alpha value is -4.96. The van der Waals surface area contributed by atoms with Crippen LogP contribution in [0, 0.1) is 0 Å². The summed E-state index contributed by atoms with van der Waals surface area (Å²) in [4.78, 5) is 3.17. The fraction of sp³-hybridized carbons (Fsp3) is 0.0256. The van der Waals surface area contributed by atoms with E-state index in [9.17, 15) is 5.11 Å². The molecule has 0 saturated carbocycles. The lowest BCUT2D eigenvalue weighted by atomic mass is 9.86. The maximum Gasteiger partial charge on any atom is 0.151 e. The lowest BCUT2D eigenvalue weighted by Crippen LogP contribution is -2.25. The lowest BCUT2D eigenvalue weighted by molar-refractivity contribution is 0.135. The Morgan fingerprint density at radius 1 is 0.571 bits per heavy atom. The van der Waals surface area contributed by atoms with Crippen molar-refractivity contribution in [2.24, 2.45) is 0 Å². The van der Waals surface area contributed by atoms with E-state index in [1.54, 1.807) is 11.3 Å². The van der Waals surface area contributed by atoms with E-state index in [1.165, 1.54) is 0 Å². The first-order chi connectivity index (χ1) is 20.6. The summed E-state index contributed by atoms with van der Waals surface area (Å²) in [6, 6.07) is 43.9. The summed E-state index contributed by atoms with van der Waals surface area (Å²) in [5.74, 6) is 0. The van der Waals surface area contributed by atoms with E-state index in [0.717, 1.165) is 66.4 Å². The van der Waals surface area contributed by atoms with Gasteiger partial charge in [-0.1, -0.05) is 98.1 Å². The first kappa shape index (κ1) is 26.0. The number of rotatable bonds is 7. The van der Waals surface area contributed by atoms with Crippen molar-refractivity contribution in [1.29, 1.82) is 0 Å². The molecule has 7 rings (SSSR count). The van der Waals surface area contributed by atoms with Crippen molar-refractivity contribution in [3.05, 3.63) is 173 Å². The molecule has 0 bridgehead atoms. The van der Waals surface area contributed by atoms with Gasteiger partial charge in [-0.2, -0.15) is 0 Å². The fourth-order valence-corrected chi connectivity index (χ4v) is 7.10. The van der Waals surface area contributed by atoms with Crippen LogP contribution in [0.25, 0.3) is 34.4 Å². The molecule has 0 saturated heterocycles. The number of nitrogens with zero attached hydrogens (tertiary/aromatic N) is 1. The van der Waals surface area contributed by atoms with Crippen LogP contribution in [-0.2, 0) is 5.60 Å². The summed E-state index contributed by atoms with van der Waals surface area (Å²) >= 11 is 1.59. The van der Waals surface area contributed by atoms with Gasteiger partial charge in [-0.15, -0.1) is 11.3 Å². The molecule has 5 aromatic carbocycles. The van der Waals surface area contributed by atoms with Crippen LogP contribution in [0.4, 0.5) is 17.1 Å². The van der Waals surface area contributed by atoms with Crippen LogP contribution in [0.1, 0.15) is 27.1 Å². The molecule has 0 atom stereocenters. The van der Waals surface area contributed by atoms with E-state index >= 15 is 0 Å². The van der Waals surface area contributed by atoms with E-state index in [2.05, 4.69) is 114 Å². The second-order valence-corrected chi connectivity index (χ2v) is 11.4. The summed E-state index contributed by atoms with van der Waals surface area (Å²) in [6.45, 7) is 7.93. The third-order valence-electron chi connectivity index (χ3n) is 8.09. The smallest absolute Gasteiger partial charge is 0.151 e. The molecule has 0 radical (unpaired) electrons. The Kier molecular flexibility index (Phi) is 6.47. The van der Waals surface area contributed by atoms with Gasteiger partial charge in [0.05, 0.1) is 4.88 Å². The highest BCUT2D eigenvalue weighted by Gasteiger charge is 2.45. The van der Waals surface area contributed by atoms with Crippen LogP contribution in [0.2, 0.25) is 0 Å². The summed E-state index contributed by atoms with van der Waals surface area (Å²) in [5.41, 5.74) is 9.97. The van der Waals surface area contributed by atoms with Gasteiger partial charge in [0, 0.05) is 28.2 Å². The zero-order valence-corrected chi connectivity index (χ0v) is 23.9. The van der Waals surface area contributed by atoms with Crippen molar-refractivity contribution >= 4 is 40.6 Å². The number of hydrogen-bond acceptors (Lipinski definition) is 3. The summed E-state index contributed by atoms with van der Waals surface area (Å²) in [6.07, 6.45) is 3.70. The molecule has 1 aromatic heterocycles. The predicted octanol–water partition coefficient (Wildman–Crippen LogP) is 10.4. The van der Waals surface area contributed by atoms with Gasteiger partial charge in [0.2, 0.25) is 0 Å². The molecule has 202 valence electrons. The molecular weight excluding hydrogens is 531 g/mol. The molecule has 42 heavy (non-hydrogen) atoms. The maximum absolute atomic E-state index is 12.7. The number of para-hydroxylation sites is 2. The third-order valence-corrected chi connectivity index (χ3v) is 9.11. The van der Waals surface area contributed by atoms with Crippen molar-refractivity contribution in [3.63, 3.8) is 0 Å². The third kappa shape index (κ3) is 4.14. The number of hydrogen-bond donors (Lipinski definition) is 1. The van der Waals surface area contributed by atoms with E-state index in [-0.39, 0.29) is 0 Å². The molecule has 3 heteroatoms. The van der Waals surface area contributed by atoms with Gasteiger partial charge in [0.25, 0.3) is 0 Å². The largest absolute Gasteiger partial charge is 0.375 e. The highest BCUT2D eigenvalue weighted by molar-refractivity contribution is 7.10. The first-order valence-corrected chi connectivity index (χ1v) is 14.8. The zero-order valence-electron chi connectivity index (χ0n) is 23.1. The molecule has 0 fully saturated rings. The lowest BCUT2D eigenvalue weighted by Gasteiger charge is -2.27. The molecule has 2 nitrogen and oxygen atoms in total. The number of aliphatic hydroxyl groups is 1. The van der Waals surface area contributed by atoms with Crippen molar-refractivity contribution < 1.29 is 5.11 Å². The van der Waals surface area contributed by atoms with E-state index < -0.39 is 5.60 Å². The van der Waals surface area contributed by atoms with Gasteiger partial charge < -0.3 is 10.0 Å². The highest BCUT2D eigenvalue weighted by atomic mass is 32.1. The first-order valence-electron chi connectivity index (χ1n) is 14.0. The van der Waals surface area contributed by atoms with Crippen LogP contribution in [0.5, 0.6) is 0 Å². The van der Waals surface area contributed by atoms with Crippen molar-refractivity contribution in [1.82, 2.24) is 0 Å². The predicted molar refractivity (Wildman–Crippen MR) is 179 cm³/mol. The van der Waals surface area contributed by atoms with Crippen LogP contribution in [0.3, 0.4) is 0 Å². The molecule has 6 aromatic rings. The second kappa shape index (κ2) is 10.5. The minimum absolute atomic E-state index is 0.893. The average Bonchev–Trinajstić information content (AvgIpc) is 3.64. The summed E-state index contributed by atoms with van der Waals surface area (Å²) in [7, 11) is 0. The summed E-state index contributed by atoms with van der Waals surface area (Å²) < 4.78 is 0. The Labute approximate surface area is 250 Å². The Bertz CT molecular complexity index is 1820. The maximum atomic E-state index is 12.7. The Morgan fingerprint density at radius 2 is 1.07 bits per heavy atom. The molecular formula is C39H29NOS. The van der Waals surface area contributed by atoms with Gasteiger partial charge in [-0.3, -0.25) is 0 Å². The molecule has 0 amide bonds. The minimum Gasteiger partial charge on any atom is -0.375 e. The van der Waals surface area contributed by atoms with Gasteiger partial charge in [0.1, 0.15) is 0 Å². The number of benzene rings is 5. The molecule has 1 aliphatic rings. The Morgan fingerprint density at radius 3 is 1.57 bits per heavy atom. The van der Waals surface area contributed by atoms with Gasteiger partial charge in [0.15, 0.2) is 5.60 Å². The standard InChI is InChI=1S/C39H29NOS/c1-3-27-15-21-36-34(25-27)35-26-28(4-2)16-22-37(35)39(36,41)38-33(23-24-42-38)29-17-19-32(20-18-29)40(30-11-7-5-8-12-30)31-13-9-6-10-14-31/h3-26,41H,1-2H2.